The van der Waals surface area contributed by atoms with Crippen LogP contribution in [0.3, 0.4) is 0 Å². The Balaban J connectivity index is 0.00000121. The topological polar surface area (TPSA) is 17.1 Å². The van der Waals surface area contributed by atoms with Crippen LogP contribution in [-0.2, 0) is 4.79 Å². The predicted octanol–water partition coefficient (Wildman–Crippen LogP) is -2.32. The first-order chi connectivity index (χ1) is 5.16. The molecule has 0 bridgehead atoms. The van der Waals surface area contributed by atoms with Gasteiger partial charge in [0.1, 0.15) is 18.9 Å². The van der Waals surface area contributed by atoms with E-state index in [2.05, 4.69) is 5.92 Å². The lowest BCUT2D eigenvalue weighted by Crippen LogP contribution is -3.00. The van der Waals surface area contributed by atoms with E-state index in [0.717, 1.165) is 0 Å². The van der Waals surface area contributed by atoms with Gasteiger partial charge in [-0.3, -0.25) is 9.28 Å². The monoisotopic (exact) mass is 227 g/mol. The van der Waals surface area contributed by atoms with Gasteiger partial charge in [-0.25, -0.2) is 0 Å². The van der Waals surface area contributed by atoms with E-state index in [0.29, 0.717) is 11.0 Å². The van der Waals surface area contributed by atoms with Gasteiger partial charge in [0.15, 0.2) is 5.78 Å². The van der Waals surface area contributed by atoms with Crippen molar-refractivity contribution in [3.05, 3.63) is 24.6 Å². The summed E-state index contributed by atoms with van der Waals surface area (Å²) in [7, 11) is 1.94. The van der Waals surface area contributed by atoms with E-state index in [-0.39, 0.29) is 22.8 Å². The zero-order valence-electron chi connectivity index (χ0n) is 6.83. The summed E-state index contributed by atoms with van der Waals surface area (Å²) in [5.74, 6) is 2.58. The Morgan fingerprint density at radius 2 is 2.00 bits per heavy atom. The molecule has 0 aromatic heterocycles. The van der Waals surface area contributed by atoms with Crippen LogP contribution in [0.4, 0.5) is 0 Å². The van der Waals surface area contributed by atoms with E-state index in [9.17, 15) is 4.79 Å². The number of ketones is 1. The van der Waals surface area contributed by atoms with Crippen molar-refractivity contribution in [1.29, 1.82) is 0 Å². The summed E-state index contributed by atoms with van der Waals surface area (Å²) in [4.78, 5) is 10.7. The minimum absolute atomic E-state index is 0. The SMILES string of the molecule is C#CC[N+]1(C)C=CC(=O)C=C1.[Br-]. The number of carbonyl (C=O) groups is 1. The third-order valence-corrected chi connectivity index (χ3v) is 1.59. The fraction of sp³-hybridized carbons (Fsp3) is 0.222. The molecule has 1 aliphatic rings. The zero-order chi connectivity index (χ0) is 8.32. The molecule has 0 amide bonds. The number of rotatable bonds is 1. The van der Waals surface area contributed by atoms with Crippen molar-refractivity contribution in [3.8, 4) is 12.3 Å². The molecule has 1 rings (SSSR count). The maximum atomic E-state index is 10.7. The molecule has 0 aromatic carbocycles. The van der Waals surface area contributed by atoms with Gasteiger partial charge in [-0.1, -0.05) is 0 Å². The van der Waals surface area contributed by atoms with Crippen LogP contribution in [0, 0.1) is 12.3 Å². The number of hydrogen-bond acceptors (Lipinski definition) is 1. The molecule has 0 aromatic rings. The molecule has 3 heteroatoms. The van der Waals surface area contributed by atoms with Gasteiger partial charge >= 0.3 is 0 Å². The molecule has 64 valence electrons. The average molecular weight is 228 g/mol. The van der Waals surface area contributed by atoms with Crippen LogP contribution >= 0.6 is 0 Å². The second-order valence-electron chi connectivity index (χ2n) is 2.74. The minimum atomic E-state index is 0. The Morgan fingerprint density at radius 3 is 2.42 bits per heavy atom. The fourth-order valence-electron chi connectivity index (χ4n) is 0.895. The Labute approximate surface area is 82.9 Å². The van der Waals surface area contributed by atoms with Crippen molar-refractivity contribution >= 4 is 5.78 Å². The third kappa shape index (κ3) is 2.65. The molecule has 0 saturated heterocycles. The number of quaternary nitrogens is 1. The van der Waals surface area contributed by atoms with Crippen LogP contribution in [0.1, 0.15) is 0 Å². The van der Waals surface area contributed by atoms with E-state index in [1.165, 1.54) is 12.2 Å². The average Bonchev–Trinajstić information content (AvgIpc) is 1.97. The third-order valence-electron chi connectivity index (χ3n) is 1.59. The van der Waals surface area contributed by atoms with Gasteiger partial charge in [-0.15, -0.1) is 6.42 Å². The molecule has 0 atom stereocenters. The van der Waals surface area contributed by atoms with E-state index in [4.69, 9.17) is 6.42 Å². The highest BCUT2D eigenvalue weighted by Gasteiger charge is 2.17. The molecule has 1 heterocycles. The highest BCUT2D eigenvalue weighted by Crippen LogP contribution is 2.08. The van der Waals surface area contributed by atoms with Crippen LogP contribution in [-0.4, -0.2) is 23.9 Å². The Kier molecular flexibility index (Phi) is 3.94. The largest absolute Gasteiger partial charge is 1.00 e. The molecule has 2 nitrogen and oxygen atoms in total. The van der Waals surface area contributed by atoms with Crippen LogP contribution < -0.4 is 17.0 Å². The van der Waals surface area contributed by atoms with Gasteiger partial charge < -0.3 is 17.0 Å². The van der Waals surface area contributed by atoms with Gasteiger partial charge in [0.2, 0.25) is 0 Å². The molecule has 0 aliphatic carbocycles. The number of hydrogen-bond donors (Lipinski definition) is 0. The van der Waals surface area contributed by atoms with Gasteiger partial charge in [-0.05, 0) is 5.92 Å². The molecular formula is C9H10BrNO. The van der Waals surface area contributed by atoms with Crippen molar-refractivity contribution in [3.63, 3.8) is 0 Å². The van der Waals surface area contributed by atoms with Crippen molar-refractivity contribution < 1.29 is 26.3 Å². The number of halogens is 1. The minimum Gasteiger partial charge on any atom is -1.00 e. The van der Waals surface area contributed by atoms with Gasteiger partial charge in [0.05, 0.1) is 7.05 Å². The molecule has 0 radical (unpaired) electrons. The normalized spacial score (nSPS) is 18.2. The van der Waals surface area contributed by atoms with E-state index in [1.54, 1.807) is 12.4 Å². The summed E-state index contributed by atoms with van der Waals surface area (Å²) < 4.78 is 0.516. The number of nitrogens with zero attached hydrogens (tertiary/aromatic N) is 1. The quantitative estimate of drug-likeness (QED) is 0.364. The summed E-state index contributed by atoms with van der Waals surface area (Å²) in [6.45, 7) is 0.584. The standard InChI is InChI=1S/C9H10NO.BrH/c1-3-6-10(2)7-4-9(11)5-8-10;/h1,4-5,7-8H,6H2,2H3;1H/q+1;/p-1. The fourth-order valence-corrected chi connectivity index (χ4v) is 0.895. The van der Waals surface area contributed by atoms with E-state index in [1.807, 2.05) is 7.05 Å². The molecule has 0 saturated carbocycles. The molecule has 0 spiro atoms. The molecule has 1 aliphatic heterocycles. The predicted molar refractivity (Wildman–Crippen MR) is 43.2 cm³/mol. The molecule has 0 N–H and O–H groups in total. The molecular weight excluding hydrogens is 218 g/mol. The van der Waals surface area contributed by atoms with Crippen LogP contribution in [0.2, 0.25) is 0 Å². The lowest BCUT2D eigenvalue weighted by Gasteiger charge is -2.24. The number of terminal acetylenes is 1. The van der Waals surface area contributed by atoms with Crippen LogP contribution in [0.15, 0.2) is 24.6 Å². The maximum Gasteiger partial charge on any atom is 0.189 e. The Bertz CT molecular complexity index is 257. The number of allylic oxidation sites excluding steroid dienone is 2. The highest BCUT2D eigenvalue weighted by atomic mass is 79.9. The summed E-state index contributed by atoms with van der Waals surface area (Å²) in [5, 5.41) is 0. The molecule has 12 heavy (non-hydrogen) atoms. The number of carbonyl (C=O) groups excluding carboxylic acids is 1. The van der Waals surface area contributed by atoms with E-state index >= 15 is 0 Å². The first-order valence-electron chi connectivity index (χ1n) is 3.37. The summed E-state index contributed by atoms with van der Waals surface area (Å²) >= 11 is 0. The molecule has 0 unspecified atom stereocenters. The first kappa shape index (κ1) is 11.2. The highest BCUT2D eigenvalue weighted by molar-refractivity contribution is 5.99. The maximum absolute atomic E-state index is 10.7. The molecule has 0 fully saturated rings. The van der Waals surface area contributed by atoms with Gasteiger partial charge in [0.25, 0.3) is 0 Å². The second-order valence-corrected chi connectivity index (χ2v) is 2.74. The summed E-state index contributed by atoms with van der Waals surface area (Å²) in [6.07, 6.45) is 11.8. The summed E-state index contributed by atoms with van der Waals surface area (Å²) in [5.41, 5.74) is 0. The first-order valence-corrected chi connectivity index (χ1v) is 3.37. The van der Waals surface area contributed by atoms with Crippen molar-refractivity contribution in [1.82, 2.24) is 0 Å². The van der Waals surface area contributed by atoms with Gasteiger partial charge in [-0.2, -0.15) is 0 Å². The van der Waals surface area contributed by atoms with E-state index < -0.39 is 0 Å². The Morgan fingerprint density at radius 1 is 1.50 bits per heavy atom. The van der Waals surface area contributed by atoms with Crippen molar-refractivity contribution in [2.45, 2.75) is 0 Å². The lowest BCUT2D eigenvalue weighted by molar-refractivity contribution is -0.798. The van der Waals surface area contributed by atoms with Crippen molar-refractivity contribution in [2.24, 2.45) is 0 Å². The van der Waals surface area contributed by atoms with Crippen LogP contribution in [0.25, 0.3) is 0 Å². The van der Waals surface area contributed by atoms with Gasteiger partial charge in [0, 0.05) is 12.2 Å². The smallest absolute Gasteiger partial charge is 0.189 e. The Hall–Kier alpha value is -0.850. The summed E-state index contributed by atoms with van der Waals surface area (Å²) in [6, 6.07) is 0. The van der Waals surface area contributed by atoms with Crippen molar-refractivity contribution in [2.75, 3.05) is 13.6 Å². The van der Waals surface area contributed by atoms with Crippen LogP contribution in [0.5, 0.6) is 0 Å². The lowest BCUT2D eigenvalue weighted by atomic mass is 10.3. The second kappa shape index (κ2) is 4.24. The zero-order valence-corrected chi connectivity index (χ0v) is 8.41.